The molecule has 2 aromatic heterocycles. The Kier molecular flexibility index (Phi) is 7.04. The first-order valence-corrected chi connectivity index (χ1v) is 15.8. The van der Waals surface area contributed by atoms with E-state index in [1.807, 2.05) is 0 Å². The lowest BCUT2D eigenvalue weighted by Crippen LogP contribution is -2.35. The molecule has 220 valence electrons. The third-order valence-electron chi connectivity index (χ3n) is 9.20. The molecule has 3 heterocycles. The van der Waals surface area contributed by atoms with Gasteiger partial charge in [-0.15, -0.1) is 0 Å². The van der Waals surface area contributed by atoms with E-state index in [2.05, 4.69) is 152 Å². The van der Waals surface area contributed by atoms with Gasteiger partial charge >= 0.3 is 5.65 Å². The van der Waals surface area contributed by atoms with Crippen LogP contribution in [0.4, 0.5) is 5.69 Å². The number of hydrogen-bond acceptors (Lipinski definition) is 3. The maximum Gasteiger partial charge on any atom is 0.323 e. The number of imidazole rings is 1. The number of allylic oxidation sites excluding steroid dienone is 3. The summed E-state index contributed by atoms with van der Waals surface area (Å²) >= 11 is 0. The van der Waals surface area contributed by atoms with E-state index in [0.29, 0.717) is 0 Å². The van der Waals surface area contributed by atoms with Crippen LogP contribution < -0.4 is 9.47 Å². The zero-order valence-corrected chi connectivity index (χ0v) is 26.4. The number of aryl methyl sites for hydroxylation is 3. The lowest BCUT2D eigenvalue weighted by molar-refractivity contribution is -0.672. The topological polar surface area (TPSA) is 37.8 Å². The highest BCUT2D eigenvalue weighted by Gasteiger charge is 2.41. The van der Waals surface area contributed by atoms with Crippen LogP contribution in [0.25, 0.3) is 39.2 Å². The minimum atomic E-state index is -0.159. The average Bonchev–Trinajstić information content (AvgIpc) is 3.45. The molecule has 1 aliphatic heterocycles. The summed E-state index contributed by atoms with van der Waals surface area (Å²) in [6.07, 6.45) is 7.79. The Labute approximate surface area is 259 Å². The van der Waals surface area contributed by atoms with Crippen molar-refractivity contribution in [1.29, 1.82) is 0 Å². The summed E-state index contributed by atoms with van der Waals surface area (Å²) < 4.78 is 4.58. The molecule has 44 heavy (non-hydrogen) atoms. The molecule has 5 nitrogen and oxygen atoms in total. The van der Waals surface area contributed by atoms with Crippen molar-refractivity contribution >= 4 is 44.9 Å². The smallest absolute Gasteiger partial charge is 0.323 e. The minimum Gasteiger partial charge on any atom is -0.344 e. The van der Waals surface area contributed by atoms with Gasteiger partial charge in [-0.1, -0.05) is 91.6 Å². The van der Waals surface area contributed by atoms with E-state index in [1.165, 1.54) is 38.8 Å². The van der Waals surface area contributed by atoms with Crippen LogP contribution in [0.2, 0.25) is 0 Å². The van der Waals surface area contributed by atoms with Crippen LogP contribution in [0.15, 0.2) is 103 Å². The van der Waals surface area contributed by atoms with Crippen LogP contribution in [0.1, 0.15) is 50.2 Å². The first kappa shape index (κ1) is 28.0. The Morgan fingerprint density at radius 1 is 0.864 bits per heavy atom. The number of fused-ring (bicyclic) bond motifs is 5. The van der Waals surface area contributed by atoms with Gasteiger partial charge in [0, 0.05) is 29.4 Å². The molecule has 0 aliphatic carbocycles. The van der Waals surface area contributed by atoms with Crippen molar-refractivity contribution in [2.75, 3.05) is 11.4 Å². The van der Waals surface area contributed by atoms with Gasteiger partial charge in [0.15, 0.2) is 5.52 Å². The van der Waals surface area contributed by atoms with Gasteiger partial charge in [0.25, 0.3) is 5.65 Å². The van der Waals surface area contributed by atoms with Crippen LogP contribution in [0, 0.1) is 6.92 Å². The largest absolute Gasteiger partial charge is 0.344 e. The van der Waals surface area contributed by atoms with Crippen LogP contribution >= 0.6 is 0 Å². The first-order valence-electron chi connectivity index (χ1n) is 15.8. The van der Waals surface area contributed by atoms with E-state index in [0.717, 1.165) is 54.2 Å². The number of benzene rings is 4. The molecule has 0 saturated heterocycles. The summed E-state index contributed by atoms with van der Waals surface area (Å²) in [6.45, 7) is 13.8. The van der Waals surface area contributed by atoms with Gasteiger partial charge in [-0.25, -0.2) is 14.1 Å². The number of nitrogens with zero attached hydrogens (tertiary/aromatic N) is 5. The van der Waals surface area contributed by atoms with Crippen molar-refractivity contribution in [1.82, 2.24) is 14.5 Å². The van der Waals surface area contributed by atoms with Crippen molar-refractivity contribution in [3.63, 3.8) is 0 Å². The van der Waals surface area contributed by atoms with Gasteiger partial charge in [-0.3, -0.25) is 0 Å². The van der Waals surface area contributed by atoms with E-state index in [9.17, 15) is 0 Å². The van der Waals surface area contributed by atoms with E-state index in [1.54, 1.807) is 0 Å². The Hall–Kier alpha value is -4.77. The molecule has 0 radical (unpaired) electrons. The predicted octanol–water partition coefficient (Wildman–Crippen LogP) is 8.31. The molecule has 0 unspecified atom stereocenters. The van der Waals surface area contributed by atoms with Crippen molar-refractivity contribution in [2.24, 2.45) is 0 Å². The Balaban J connectivity index is 1.34. The lowest BCUT2D eigenvalue weighted by Gasteiger charge is -2.27. The van der Waals surface area contributed by atoms with E-state index in [4.69, 9.17) is 9.97 Å². The van der Waals surface area contributed by atoms with Gasteiger partial charge in [-0.2, -0.15) is 0 Å². The van der Waals surface area contributed by atoms with Crippen LogP contribution in [-0.2, 0) is 24.9 Å². The fourth-order valence-corrected chi connectivity index (χ4v) is 7.06. The first-order chi connectivity index (χ1) is 21.4. The standard InChI is InChI=1S/C39H40N5/c1-6-42-35(43(7-2)38-37(42)40-31-22-20-27(3)26-32(31)41-38)19-13-18-34-39(4,5)36-30-17-12-11-16-29(30)21-23-33(36)44(34)25-24-28-14-9-8-10-15-28/h8-23,26H,6-7,24-25H2,1-5H3/q+1. The Bertz CT molecular complexity index is 2080. The molecule has 0 spiro atoms. The summed E-state index contributed by atoms with van der Waals surface area (Å²) in [5.74, 6) is 1.11. The van der Waals surface area contributed by atoms with Crippen molar-refractivity contribution in [3.05, 3.63) is 125 Å². The highest BCUT2D eigenvalue weighted by atomic mass is 15.2. The summed E-state index contributed by atoms with van der Waals surface area (Å²) in [5, 5.41) is 2.62. The van der Waals surface area contributed by atoms with E-state index < -0.39 is 0 Å². The monoisotopic (exact) mass is 578 g/mol. The van der Waals surface area contributed by atoms with Gasteiger partial charge in [0.1, 0.15) is 5.52 Å². The average molecular weight is 579 g/mol. The third-order valence-corrected chi connectivity index (χ3v) is 9.20. The van der Waals surface area contributed by atoms with Crippen LogP contribution in [0.3, 0.4) is 0 Å². The molecule has 0 N–H and O–H groups in total. The number of aromatic nitrogens is 4. The summed E-state index contributed by atoms with van der Waals surface area (Å²) in [7, 11) is 0. The molecule has 0 amide bonds. The molecule has 7 rings (SSSR count). The molecule has 6 aromatic rings. The van der Waals surface area contributed by atoms with Crippen molar-refractivity contribution in [2.45, 2.75) is 59.5 Å². The van der Waals surface area contributed by atoms with Gasteiger partial charge < -0.3 is 4.90 Å². The molecule has 0 saturated carbocycles. The zero-order valence-electron chi connectivity index (χ0n) is 26.4. The highest BCUT2D eigenvalue weighted by Crippen LogP contribution is 2.50. The van der Waals surface area contributed by atoms with Crippen LogP contribution in [-0.4, -0.2) is 21.1 Å². The van der Waals surface area contributed by atoms with Crippen LogP contribution in [0.5, 0.6) is 0 Å². The summed E-state index contributed by atoms with van der Waals surface area (Å²) in [6, 6.07) is 30.5. The maximum atomic E-state index is 5.09. The molecule has 0 bridgehead atoms. The second-order valence-electron chi connectivity index (χ2n) is 12.3. The van der Waals surface area contributed by atoms with Gasteiger partial charge in [0.2, 0.25) is 5.82 Å². The minimum absolute atomic E-state index is 0.159. The number of hydrogen-bond donors (Lipinski definition) is 0. The Morgan fingerprint density at radius 2 is 1.66 bits per heavy atom. The molecular formula is C39H40N5+. The fourth-order valence-electron chi connectivity index (χ4n) is 7.06. The van der Waals surface area contributed by atoms with Crippen molar-refractivity contribution in [3.8, 4) is 0 Å². The molecular weight excluding hydrogens is 538 g/mol. The van der Waals surface area contributed by atoms with Gasteiger partial charge in [0.05, 0.1) is 13.1 Å². The fraction of sp³-hybridized carbons (Fsp3) is 0.256. The number of rotatable bonds is 7. The Morgan fingerprint density at radius 3 is 2.45 bits per heavy atom. The molecule has 4 aromatic carbocycles. The number of anilines is 1. The van der Waals surface area contributed by atoms with Gasteiger partial charge in [-0.05, 0) is 78.9 Å². The molecule has 5 heteroatoms. The normalized spacial score (nSPS) is 15.4. The molecule has 1 aliphatic rings. The highest BCUT2D eigenvalue weighted by molar-refractivity contribution is 5.95. The quantitative estimate of drug-likeness (QED) is 0.179. The molecule has 0 fully saturated rings. The summed E-state index contributed by atoms with van der Waals surface area (Å²) in [4.78, 5) is 12.7. The third kappa shape index (κ3) is 4.59. The second kappa shape index (κ2) is 11.1. The second-order valence-corrected chi connectivity index (χ2v) is 12.3. The summed E-state index contributed by atoms with van der Waals surface area (Å²) in [5.41, 5.74) is 10.2. The SMILES string of the molecule is CCn1c(C=CC=C2N(CCc3ccccc3)c3ccc4ccccc4c3C2(C)C)[n+](CC)c2nc3ccc(C)cc3nc21. The maximum absolute atomic E-state index is 5.09. The predicted molar refractivity (Wildman–Crippen MR) is 183 cm³/mol. The molecule has 0 atom stereocenters. The van der Waals surface area contributed by atoms with Crippen molar-refractivity contribution < 1.29 is 4.57 Å². The lowest BCUT2D eigenvalue weighted by atomic mass is 9.81. The van der Waals surface area contributed by atoms with E-state index in [-0.39, 0.29) is 5.41 Å². The zero-order chi connectivity index (χ0) is 30.4. The van der Waals surface area contributed by atoms with E-state index >= 15 is 0 Å².